The van der Waals surface area contributed by atoms with Gasteiger partial charge in [-0.3, -0.25) is 15.6 Å². The molecule has 0 atom stereocenters. The highest BCUT2D eigenvalue weighted by Gasteiger charge is 2.05. The molecule has 0 bridgehead atoms. The van der Waals surface area contributed by atoms with Crippen LogP contribution in [0.1, 0.15) is 12.8 Å². The van der Waals surface area contributed by atoms with Gasteiger partial charge in [0.25, 0.3) is 0 Å². The molecular weight excluding hydrogens is 329 g/mol. The summed E-state index contributed by atoms with van der Waals surface area (Å²) in [6.07, 6.45) is 0.845. The van der Waals surface area contributed by atoms with Gasteiger partial charge < -0.3 is 10.1 Å². The predicted octanol–water partition coefficient (Wildman–Crippen LogP) is 3.00. The number of para-hydroxylation sites is 2. The van der Waals surface area contributed by atoms with E-state index in [0.29, 0.717) is 13.0 Å². The highest BCUT2D eigenvalue weighted by atomic mass is 32.1. The van der Waals surface area contributed by atoms with E-state index in [-0.39, 0.29) is 23.1 Å². The molecule has 0 radical (unpaired) electrons. The topological polar surface area (TPSA) is 62.4 Å². The Morgan fingerprint density at radius 2 is 1.75 bits per heavy atom. The summed E-state index contributed by atoms with van der Waals surface area (Å²) < 4.78 is 18.9. The number of halogens is 1. The molecule has 0 aliphatic rings. The van der Waals surface area contributed by atoms with Crippen LogP contribution in [0.3, 0.4) is 0 Å². The Labute approximate surface area is 145 Å². The van der Waals surface area contributed by atoms with Gasteiger partial charge in [0.2, 0.25) is 5.91 Å². The summed E-state index contributed by atoms with van der Waals surface area (Å²) in [5, 5.41) is 2.77. The number of hydrogen-bond acceptors (Lipinski definition) is 3. The molecule has 2 rings (SSSR count). The van der Waals surface area contributed by atoms with Gasteiger partial charge in [0.15, 0.2) is 5.11 Å². The minimum absolute atomic E-state index is 0.106. The Bertz CT molecular complexity index is 683. The first-order valence-corrected chi connectivity index (χ1v) is 7.84. The standard InChI is InChI=1S/C17H18FN3O2S/c18-14-9-4-5-10-15(14)19-17(24)21-20-16(22)11-6-12-23-13-7-2-1-3-8-13/h1-5,7-10H,6,11-12H2,(H,20,22)(H2,19,21,24). The molecule has 7 heteroatoms. The summed E-state index contributed by atoms with van der Waals surface area (Å²) in [6.45, 7) is 0.440. The number of anilines is 1. The number of benzene rings is 2. The molecule has 0 unspecified atom stereocenters. The predicted molar refractivity (Wildman–Crippen MR) is 95.1 cm³/mol. The number of amides is 1. The minimum atomic E-state index is -0.425. The van der Waals surface area contributed by atoms with E-state index >= 15 is 0 Å². The minimum Gasteiger partial charge on any atom is -0.494 e. The van der Waals surface area contributed by atoms with E-state index in [4.69, 9.17) is 17.0 Å². The maximum atomic E-state index is 13.4. The molecule has 2 aromatic carbocycles. The quantitative estimate of drug-likeness (QED) is 0.426. The van der Waals surface area contributed by atoms with Crippen LogP contribution in [0, 0.1) is 5.82 Å². The van der Waals surface area contributed by atoms with Gasteiger partial charge >= 0.3 is 0 Å². The molecule has 5 nitrogen and oxygen atoms in total. The van der Waals surface area contributed by atoms with Crippen molar-refractivity contribution in [2.24, 2.45) is 0 Å². The fourth-order valence-electron chi connectivity index (χ4n) is 1.84. The first kappa shape index (κ1) is 17.7. The number of nitrogens with one attached hydrogen (secondary N) is 3. The van der Waals surface area contributed by atoms with E-state index in [0.717, 1.165) is 5.75 Å². The first-order chi connectivity index (χ1) is 11.6. The third-order valence-corrected chi connectivity index (χ3v) is 3.20. The van der Waals surface area contributed by atoms with Crippen LogP contribution >= 0.6 is 12.2 Å². The van der Waals surface area contributed by atoms with Crippen LogP contribution < -0.4 is 20.9 Å². The average Bonchev–Trinajstić information content (AvgIpc) is 2.60. The van der Waals surface area contributed by atoms with Crippen LogP contribution in [0.15, 0.2) is 54.6 Å². The number of ether oxygens (including phenoxy) is 1. The lowest BCUT2D eigenvalue weighted by atomic mass is 10.3. The van der Waals surface area contributed by atoms with E-state index in [1.807, 2.05) is 30.3 Å². The van der Waals surface area contributed by atoms with Crippen molar-refractivity contribution in [3.8, 4) is 5.75 Å². The molecule has 126 valence electrons. The van der Waals surface area contributed by atoms with E-state index in [1.165, 1.54) is 6.07 Å². The summed E-state index contributed by atoms with van der Waals surface area (Å²) in [5.74, 6) is 0.113. The third-order valence-electron chi connectivity index (χ3n) is 3.00. The number of hydrazine groups is 1. The summed E-state index contributed by atoms with van der Waals surface area (Å²) in [5.41, 5.74) is 5.22. The Morgan fingerprint density at radius 1 is 1.04 bits per heavy atom. The molecular formula is C17H18FN3O2S. The van der Waals surface area contributed by atoms with Gasteiger partial charge in [0, 0.05) is 6.42 Å². The molecule has 0 fully saturated rings. The second-order valence-corrected chi connectivity index (χ2v) is 5.28. The molecule has 1 amide bonds. The van der Waals surface area contributed by atoms with Gasteiger partial charge in [-0.05, 0) is 42.9 Å². The zero-order valence-electron chi connectivity index (χ0n) is 12.9. The maximum Gasteiger partial charge on any atom is 0.238 e. The molecule has 2 aromatic rings. The highest BCUT2D eigenvalue weighted by Crippen LogP contribution is 2.11. The Kier molecular flexibility index (Phi) is 6.97. The second kappa shape index (κ2) is 9.46. The van der Waals surface area contributed by atoms with Gasteiger partial charge in [-0.15, -0.1) is 0 Å². The van der Waals surface area contributed by atoms with Gasteiger partial charge in [-0.25, -0.2) is 4.39 Å². The smallest absolute Gasteiger partial charge is 0.238 e. The summed E-state index contributed by atoms with van der Waals surface area (Å²) in [4.78, 5) is 11.7. The molecule has 0 saturated heterocycles. The zero-order valence-corrected chi connectivity index (χ0v) is 13.7. The van der Waals surface area contributed by atoms with Gasteiger partial charge in [0.05, 0.1) is 12.3 Å². The molecule has 0 aromatic heterocycles. The number of thiocarbonyl (C=S) groups is 1. The van der Waals surface area contributed by atoms with Crippen LogP contribution in [0.2, 0.25) is 0 Å². The van der Waals surface area contributed by atoms with Crippen LogP contribution in [-0.2, 0) is 4.79 Å². The number of hydrogen-bond donors (Lipinski definition) is 3. The maximum absolute atomic E-state index is 13.4. The van der Waals surface area contributed by atoms with Crippen LogP contribution in [0.25, 0.3) is 0 Å². The SMILES string of the molecule is O=C(CCCOc1ccccc1)NNC(=S)Nc1ccccc1F. The fraction of sp³-hybridized carbons (Fsp3) is 0.176. The van der Waals surface area contributed by atoms with Crippen molar-refractivity contribution in [1.82, 2.24) is 10.9 Å². The molecule has 0 saturated carbocycles. The Balaban J connectivity index is 1.60. The van der Waals surface area contributed by atoms with Crippen molar-refractivity contribution in [3.05, 3.63) is 60.4 Å². The van der Waals surface area contributed by atoms with Crippen molar-refractivity contribution in [3.63, 3.8) is 0 Å². The summed E-state index contributed by atoms with van der Waals surface area (Å²) >= 11 is 4.99. The molecule has 0 aliphatic heterocycles. The van der Waals surface area contributed by atoms with Gasteiger partial charge in [-0.2, -0.15) is 0 Å². The lowest BCUT2D eigenvalue weighted by Gasteiger charge is -2.12. The largest absolute Gasteiger partial charge is 0.494 e. The zero-order chi connectivity index (χ0) is 17.2. The third kappa shape index (κ3) is 6.21. The Hall–Kier alpha value is -2.67. The number of carbonyl (C=O) groups is 1. The van der Waals surface area contributed by atoms with Crippen molar-refractivity contribution in [1.29, 1.82) is 0 Å². The first-order valence-electron chi connectivity index (χ1n) is 7.43. The van der Waals surface area contributed by atoms with Gasteiger partial charge in [-0.1, -0.05) is 30.3 Å². The second-order valence-electron chi connectivity index (χ2n) is 4.87. The van der Waals surface area contributed by atoms with Gasteiger partial charge in [0.1, 0.15) is 11.6 Å². The summed E-state index contributed by atoms with van der Waals surface area (Å²) in [6, 6.07) is 15.5. The van der Waals surface area contributed by atoms with E-state index in [2.05, 4.69) is 16.2 Å². The fourth-order valence-corrected chi connectivity index (χ4v) is 2.01. The van der Waals surface area contributed by atoms with E-state index in [1.54, 1.807) is 18.2 Å². The van der Waals surface area contributed by atoms with Crippen molar-refractivity contribution >= 4 is 28.9 Å². The van der Waals surface area contributed by atoms with Crippen molar-refractivity contribution in [2.45, 2.75) is 12.8 Å². The molecule has 3 N–H and O–H groups in total. The van der Waals surface area contributed by atoms with Crippen molar-refractivity contribution in [2.75, 3.05) is 11.9 Å². The summed E-state index contributed by atoms with van der Waals surface area (Å²) in [7, 11) is 0. The molecule has 0 aliphatic carbocycles. The molecule has 24 heavy (non-hydrogen) atoms. The monoisotopic (exact) mass is 347 g/mol. The highest BCUT2D eigenvalue weighted by molar-refractivity contribution is 7.80. The number of carbonyl (C=O) groups excluding carboxylic acids is 1. The van der Waals surface area contributed by atoms with E-state index in [9.17, 15) is 9.18 Å². The molecule has 0 heterocycles. The average molecular weight is 347 g/mol. The van der Waals surface area contributed by atoms with Crippen LogP contribution in [-0.4, -0.2) is 17.6 Å². The number of rotatable bonds is 6. The lowest BCUT2D eigenvalue weighted by molar-refractivity contribution is -0.121. The van der Waals surface area contributed by atoms with Crippen LogP contribution in [0.4, 0.5) is 10.1 Å². The van der Waals surface area contributed by atoms with Crippen LogP contribution in [0.5, 0.6) is 5.75 Å². The lowest BCUT2D eigenvalue weighted by Crippen LogP contribution is -2.43. The molecule has 0 spiro atoms. The van der Waals surface area contributed by atoms with E-state index < -0.39 is 5.82 Å². The normalized spacial score (nSPS) is 9.88. The Morgan fingerprint density at radius 3 is 2.50 bits per heavy atom. The van der Waals surface area contributed by atoms with Crippen molar-refractivity contribution < 1.29 is 13.9 Å².